The highest BCUT2D eigenvalue weighted by Crippen LogP contribution is 2.08. The van der Waals surface area contributed by atoms with Gasteiger partial charge in [-0.3, -0.25) is 9.78 Å². The van der Waals surface area contributed by atoms with Gasteiger partial charge in [0.2, 0.25) is 0 Å². The van der Waals surface area contributed by atoms with Gasteiger partial charge in [-0.25, -0.2) is 4.98 Å². The minimum Gasteiger partial charge on any atom is -0.397 e. The minimum absolute atomic E-state index is 0.277. The van der Waals surface area contributed by atoms with Crippen molar-refractivity contribution in [3.63, 3.8) is 0 Å². The van der Waals surface area contributed by atoms with Crippen molar-refractivity contribution >= 4 is 17.4 Å². The van der Waals surface area contributed by atoms with Gasteiger partial charge in [0.15, 0.2) is 0 Å². The molecule has 0 saturated carbocycles. The van der Waals surface area contributed by atoms with E-state index in [1.165, 1.54) is 12.4 Å². The molecule has 0 aliphatic heterocycles. The fraction of sp³-hybridized carbons (Fsp3) is 0.0833. The van der Waals surface area contributed by atoms with Crippen LogP contribution in [-0.4, -0.2) is 15.9 Å². The molecule has 0 bridgehead atoms. The molecule has 0 atom stereocenters. The molecule has 0 radical (unpaired) electrons. The van der Waals surface area contributed by atoms with Crippen LogP contribution in [0.15, 0.2) is 36.8 Å². The van der Waals surface area contributed by atoms with Gasteiger partial charge < -0.3 is 11.1 Å². The molecule has 2 rings (SSSR count). The Morgan fingerprint density at radius 2 is 2.12 bits per heavy atom. The van der Waals surface area contributed by atoms with Crippen molar-refractivity contribution < 1.29 is 4.79 Å². The molecular weight excluding hydrogens is 216 g/mol. The largest absolute Gasteiger partial charge is 0.397 e. The summed E-state index contributed by atoms with van der Waals surface area (Å²) in [5.74, 6) is 0.226. The van der Waals surface area contributed by atoms with Crippen LogP contribution in [0.25, 0.3) is 0 Å². The molecule has 1 amide bonds. The maximum absolute atomic E-state index is 11.8. The van der Waals surface area contributed by atoms with Crippen molar-refractivity contribution in [1.82, 2.24) is 9.97 Å². The number of nitrogens with two attached hydrogens (primary N) is 1. The Bertz CT molecular complexity index is 536. The van der Waals surface area contributed by atoms with E-state index in [0.29, 0.717) is 17.1 Å². The van der Waals surface area contributed by atoms with Crippen LogP contribution in [0.5, 0.6) is 0 Å². The first-order chi connectivity index (χ1) is 8.15. The third-order valence-electron chi connectivity index (χ3n) is 2.17. The van der Waals surface area contributed by atoms with Crippen LogP contribution < -0.4 is 11.1 Å². The van der Waals surface area contributed by atoms with E-state index < -0.39 is 0 Å². The summed E-state index contributed by atoms with van der Waals surface area (Å²) in [6, 6.07) is 5.18. The SMILES string of the molecule is Cc1ccc(NC(=O)c2cncc(N)c2)nc1. The molecular formula is C12H12N4O. The second-order valence-electron chi connectivity index (χ2n) is 3.68. The van der Waals surface area contributed by atoms with Gasteiger partial charge in [-0.1, -0.05) is 6.07 Å². The lowest BCUT2D eigenvalue weighted by molar-refractivity contribution is 0.102. The third-order valence-corrected chi connectivity index (χ3v) is 2.17. The number of amides is 1. The van der Waals surface area contributed by atoms with Crippen molar-refractivity contribution in [3.8, 4) is 0 Å². The van der Waals surface area contributed by atoms with Gasteiger partial charge in [0.1, 0.15) is 5.82 Å². The fourth-order valence-corrected chi connectivity index (χ4v) is 1.31. The van der Waals surface area contributed by atoms with Crippen molar-refractivity contribution in [2.24, 2.45) is 0 Å². The Balaban J connectivity index is 2.14. The van der Waals surface area contributed by atoms with Crippen LogP contribution in [0.1, 0.15) is 15.9 Å². The summed E-state index contributed by atoms with van der Waals surface area (Å²) in [6.07, 6.45) is 4.63. The van der Waals surface area contributed by atoms with Gasteiger partial charge in [0.05, 0.1) is 11.3 Å². The van der Waals surface area contributed by atoms with E-state index in [4.69, 9.17) is 5.73 Å². The number of nitrogen functional groups attached to an aromatic ring is 1. The van der Waals surface area contributed by atoms with E-state index in [0.717, 1.165) is 5.56 Å². The summed E-state index contributed by atoms with van der Waals surface area (Å²) in [4.78, 5) is 19.7. The Labute approximate surface area is 98.7 Å². The van der Waals surface area contributed by atoms with Crippen molar-refractivity contribution in [2.45, 2.75) is 6.92 Å². The molecule has 86 valence electrons. The van der Waals surface area contributed by atoms with Crippen LogP contribution in [0, 0.1) is 6.92 Å². The summed E-state index contributed by atoms with van der Waals surface area (Å²) in [5.41, 5.74) is 7.45. The minimum atomic E-state index is -0.277. The average Bonchev–Trinajstić information content (AvgIpc) is 2.32. The van der Waals surface area contributed by atoms with Gasteiger partial charge in [0, 0.05) is 18.6 Å². The molecule has 0 fully saturated rings. The topological polar surface area (TPSA) is 80.9 Å². The fourth-order valence-electron chi connectivity index (χ4n) is 1.31. The van der Waals surface area contributed by atoms with Crippen molar-refractivity contribution in [1.29, 1.82) is 0 Å². The summed E-state index contributed by atoms with van der Waals surface area (Å²) in [5, 5.41) is 2.67. The monoisotopic (exact) mass is 228 g/mol. The number of nitrogens with zero attached hydrogens (tertiary/aromatic N) is 2. The Morgan fingerprint density at radius 3 is 2.76 bits per heavy atom. The number of hydrogen-bond acceptors (Lipinski definition) is 4. The molecule has 0 aromatic carbocycles. The van der Waals surface area contributed by atoms with E-state index in [1.807, 2.05) is 13.0 Å². The highest BCUT2D eigenvalue weighted by Gasteiger charge is 2.07. The average molecular weight is 228 g/mol. The van der Waals surface area contributed by atoms with Crippen LogP contribution >= 0.6 is 0 Å². The second-order valence-corrected chi connectivity index (χ2v) is 3.68. The molecule has 0 unspecified atom stereocenters. The Morgan fingerprint density at radius 1 is 1.29 bits per heavy atom. The number of aryl methyl sites for hydroxylation is 1. The van der Waals surface area contributed by atoms with Crippen LogP contribution in [-0.2, 0) is 0 Å². The third kappa shape index (κ3) is 2.78. The van der Waals surface area contributed by atoms with E-state index in [9.17, 15) is 4.79 Å². The lowest BCUT2D eigenvalue weighted by Crippen LogP contribution is -2.13. The number of carbonyl (C=O) groups is 1. The first-order valence-electron chi connectivity index (χ1n) is 5.10. The number of rotatable bonds is 2. The van der Waals surface area contributed by atoms with Crippen molar-refractivity contribution in [2.75, 3.05) is 11.1 Å². The molecule has 5 heteroatoms. The zero-order chi connectivity index (χ0) is 12.3. The number of aromatic nitrogens is 2. The lowest BCUT2D eigenvalue weighted by atomic mass is 10.2. The smallest absolute Gasteiger partial charge is 0.258 e. The summed E-state index contributed by atoms with van der Waals surface area (Å²) < 4.78 is 0. The number of carbonyl (C=O) groups excluding carboxylic acids is 1. The quantitative estimate of drug-likeness (QED) is 0.818. The normalized spacial score (nSPS) is 9.94. The highest BCUT2D eigenvalue weighted by atomic mass is 16.1. The maximum Gasteiger partial charge on any atom is 0.258 e. The van der Waals surface area contributed by atoms with E-state index in [1.54, 1.807) is 18.3 Å². The van der Waals surface area contributed by atoms with Gasteiger partial charge >= 0.3 is 0 Å². The molecule has 3 N–H and O–H groups in total. The standard InChI is InChI=1S/C12H12N4O/c1-8-2-3-11(15-5-8)16-12(17)9-4-10(13)7-14-6-9/h2-7H,13H2,1H3,(H,15,16,17). The van der Waals surface area contributed by atoms with Crippen molar-refractivity contribution in [3.05, 3.63) is 47.9 Å². The number of pyridine rings is 2. The summed E-state index contributed by atoms with van der Waals surface area (Å²) in [6.45, 7) is 1.93. The molecule has 0 aliphatic rings. The Kier molecular flexibility index (Phi) is 3.00. The van der Waals surface area contributed by atoms with Crippen LogP contribution in [0.4, 0.5) is 11.5 Å². The van der Waals surface area contributed by atoms with Gasteiger partial charge in [-0.05, 0) is 24.6 Å². The second kappa shape index (κ2) is 4.61. The number of anilines is 2. The lowest BCUT2D eigenvalue weighted by Gasteiger charge is -2.04. The maximum atomic E-state index is 11.8. The predicted molar refractivity (Wildman–Crippen MR) is 65.6 cm³/mol. The van der Waals surface area contributed by atoms with E-state index >= 15 is 0 Å². The number of hydrogen-bond donors (Lipinski definition) is 2. The number of nitrogens with one attached hydrogen (secondary N) is 1. The molecule has 2 aromatic heterocycles. The summed E-state index contributed by atoms with van der Waals surface area (Å²) in [7, 11) is 0. The first-order valence-corrected chi connectivity index (χ1v) is 5.10. The van der Waals surface area contributed by atoms with E-state index in [2.05, 4.69) is 15.3 Å². The first kappa shape index (κ1) is 11.1. The van der Waals surface area contributed by atoms with Gasteiger partial charge in [0.25, 0.3) is 5.91 Å². The highest BCUT2D eigenvalue weighted by molar-refractivity contribution is 6.03. The molecule has 0 spiro atoms. The van der Waals surface area contributed by atoms with Crippen LogP contribution in [0.3, 0.4) is 0 Å². The predicted octanol–water partition coefficient (Wildman–Crippen LogP) is 1.62. The molecule has 0 saturated heterocycles. The molecule has 0 aliphatic carbocycles. The summed E-state index contributed by atoms with van der Waals surface area (Å²) >= 11 is 0. The Hall–Kier alpha value is -2.43. The molecule has 17 heavy (non-hydrogen) atoms. The van der Waals surface area contributed by atoms with Crippen LogP contribution in [0.2, 0.25) is 0 Å². The zero-order valence-electron chi connectivity index (χ0n) is 9.34. The van der Waals surface area contributed by atoms with E-state index in [-0.39, 0.29) is 5.91 Å². The molecule has 2 heterocycles. The molecule has 5 nitrogen and oxygen atoms in total. The van der Waals surface area contributed by atoms with Gasteiger partial charge in [-0.15, -0.1) is 0 Å². The molecule has 2 aromatic rings. The zero-order valence-corrected chi connectivity index (χ0v) is 9.34. The van der Waals surface area contributed by atoms with Gasteiger partial charge in [-0.2, -0.15) is 0 Å².